The Balaban J connectivity index is 0.000000180. The van der Waals surface area contributed by atoms with Crippen molar-refractivity contribution in [2.24, 2.45) is 5.92 Å². The molecule has 0 bridgehead atoms. The summed E-state index contributed by atoms with van der Waals surface area (Å²) in [5.41, 5.74) is 23.4. The molecule has 6 amide bonds. The molecule has 0 spiro atoms. The van der Waals surface area contributed by atoms with Crippen LogP contribution in [-0.2, 0) is 34.0 Å². The number of rotatable bonds is 30. The lowest BCUT2D eigenvalue weighted by Crippen LogP contribution is -2.46. The van der Waals surface area contributed by atoms with Crippen molar-refractivity contribution in [3.63, 3.8) is 0 Å². The van der Waals surface area contributed by atoms with Crippen LogP contribution in [0.2, 0.25) is 30.5 Å². The number of ether oxygens (including phenoxy) is 9. The van der Waals surface area contributed by atoms with Crippen LogP contribution < -0.4 is 90.5 Å². The van der Waals surface area contributed by atoms with E-state index in [0.717, 1.165) is 45.6 Å². The normalized spacial score (nSPS) is 14.6. The maximum atomic E-state index is 13.9. The Morgan fingerprint density at radius 2 is 0.748 bits per heavy atom. The Labute approximate surface area is 736 Å². The number of methoxy groups -OCH3 is 9. The molecule has 123 heavy (non-hydrogen) atoms. The van der Waals surface area contributed by atoms with E-state index >= 15 is 0 Å². The van der Waals surface area contributed by atoms with Crippen LogP contribution in [0.3, 0.4) is 0 Å². The zero-order valence-electron chi connectivity index (χ0n) is 68.9. The average Bonchev–Trinajstić information content (AvgIpc) is 1.60. The van der Waals surface area contributed by atoms with Crippen molar-refractivity contribution in [3.8, 4) is 51.7 Å². The molecular weight excluding hydrogens is 1720 g/mol. The fourth-order valence-electron chi connectivity index (χ4n) is 14.0. The minimum absolute atomic E-state index is 0.00599. The number of aromatic amines is 3. The highest BCUT2D eigenvalue weighted by Crippen LogP contribution is 2.52. The molecule has 3 aromatic carbocycles. The first kappa shape index (κ1) is 91.7. The van der Waals surface area contributed by atoms with E-state index in [1.807, 2.05) is 0 Å². The van der Waals surface area contributed by atoms with Gasteiger partial charge in [-0.15, -0.1) is 0 Å². The van der Waals surface area contributed by atoms with Crippen molar-refractivity contribution in [1.29, 1.82) is 0 Å². The van der Waals surface area contributed by atoms with E-state index < -0.39 is 17.7 Å². The lowest BCUT2D eigenvalue weighted by Gasteiger charge is -2.32. The molecule has 652 valence electrons. The van der Waals surface area contributed by atoms with Gasteiger partial charge in [0.15, 0.2) is 52.0 Å². The summed E-state index contributed by atoms with van der Waals surface area (Å²) in [4.78, 5) is 122. The Hall–Kier alpha value is -12.0. The smallest absolute Gasteiger partial charge is 0.260 e. The van der Waals surface area contributed by atoms with Gasteiger partial charge in [0, 0.05) is 105 Å². The van der Waals surface area contributed by atoms with Crippen molar-refractivity contribution in [2.45, 2.75) is 46.3 Å². The first-order chi connectivity index (χ1) is 59.0. The maximum Gasteiger partial charge on any atom is 0.260 e. The van der Waals surface area contributed by atoms with E-state index in [0.29, 0.717) is 109 Å². The molecule has 1 fully saturated rings. The number of halogens is 6. The van der Waals surface area contributed by atoms with Crippen molar-refractivity contribution in [2.75, 3.05) is 162 Å². The Kier molecular flexibility index (Phi) is 30.4. The number of hydrogen-bond donors (Lipinski definition) is 10. The van der Waals surface area contributed by atoms with Crippen LogP contribution in [0.15, 0.2) is 55.0 Å². The predicted octanol–water partition coefficient (Wildman–Crippen LogP) is 10.3. The minimum atomic E-state index is -0.448. The fraction of sp³-hybridized carbons (Fsp3) is 0.333. The number of nitrogens with zero attached hydrogens (tertiary/aromatic N) is 11. The van der Waals surface area contributed by atoms with Gasteiger partial charge in [0.2, 0.25) is 35.1 Å². The molecule has 0 radical (unpaired) electrons. The van der Waals surface area contributed by atoms with E-state index in [9.17, 15) is 28.8 Å². The summed E-state index contributed by atoms with van der Waals surface area (Å²) in [5.74, 6) is 1.50. The highest BCUT2D eigenvalue weighted by molar-refractivity contribution is 6.43. The molecule has 9 aromatic rings. The second kappa shape index (κ2) is 40.8. The number of carbonyl (C=O) groups excluding carboxylic acids is 6. The quantitative estimate of drug-likeness (QED) is 0.0114. The van der Waals surface area contributed by atoms with Crippen molar-refractivity contribution >= 4 is 175 Å². The SMILES string of the molecule is COc1c(Cl)cc(CN2C(=O)/C(=C\c3cc(C(=O)NCCCC(C)C)c[nH]3)c3c(Cl)nc(N)nc32)c(OC)c1OC.COc1c(Cl)cc(CN2C(=O)/C(=C\c3cc(C(=O)NCCN4CCN(C)CC4)c[nH]3)c3c(Cl)nc(N)nc32)c(OC)c1OC.COc1c(Cl)cc(CN2C(=O)/C(=C\c3cc(C(=O)NCCO)c[nH]3)c3c(Cl)nc(N)nc32)c(OC)c1OC. The van der Waals surface area contributed by atoms with Crippen LogP contribution in [-0.4, -0.2) is 225 Å². The van der Waals surface area contributed by atoms with Crippen LogP contribution in [0.1, 0.15) is 108 Å². The highest BCUT2D eigenvalue weighted by atomic mass is 35.5. The Morgan fingerprint density at radius 1 is 0.447 bits per heavy atom. The van der Waals surface area contributed by atoms with Gasteiger partial charge in [0.25, 0.3) is 35.4 Å². The number of nitrogens with one attached hydrogen (secondary N) is 6. The number of hydrogen-bond acceptors (Lipinski definition) is 27. The van der Waals surface area contributed by atoms with Gasteiger partial charge in [-0.05, 0) is 80.4 Å². The lowest BCUT2D eigenvalue weighted by atomic mass is 10.1. The third-order valence-corrected chi connectivity index (χ3v) is 21.5. The summed E-state index contributed by atoms with van der Waals surface area (Å²) < 4.78 is 49.3. The predicted molar refractivity (Wildman–Crippen MR) is 469 cm³/mol. The van der Waals surface area contributed by atoms with Crippen LogP contribution in [0, 0.1) is 5.92 Å². The standard InChI is InChI=1S/C29H34Cl2N8O5.C28H32Cl2N6O5.C24H24Cl2N6O6/c1-37-7-9-38(10-8-37)6-5-33-27(40)16-11-18(34-14-16)13-19-21-25(31)35-29(32)36-26(21)39(28(19)41)15-17-12-20(30)23(43-3)24(44-4)22(17)42-2;1-14(2)7-6-8-32-26(37)15-9-17(33-12-15)11-18-20-24(30)34-28(31)35-25(20)36(27(18)38)13-16-10-19(29)22(40-4)23(41-5)21(16)39-3;1-36-17-12(7-15(25)18(37-2)19(17)38-3)10-32-21-16(20(26)30-24(27)31-21)14(23(32)35)8-13-6-11(9-29-13)22(34)28-4-5-33/h11-14,34H,5-10,15H2,1-4H3,(H,33,40)(H2,32,35,36);9-12,14,33H,6-8,13H2,1-5H3,(H,32,37)(H2,31,34,35);6-9,29,33H,4-5,10H2,1-3H3,(H,28,34)(H2,27,30,31)/b19-13-;18-11-;14-8-. The number of nitrogen functional groups attached to an aromatic ring is 3. The van der Waals surface area contributed by atoms with Gasteiger partial charge >= 0.3 is 0 Å². The molecule has 0 aliphatic carbocycles. The number of H-pyrrole nitrogens is 3. The molecule has 42 heteroatoms. The zero-order valence-corrected chi connectivity index (χ0v) is 73.4. The summed E-state index contributed by atoms with van der Waals surface area (Å²) in [6, 6.07) is 9.73. The number of carbonyl (C=O) groups is 6. The molecule has 4 aliphatic heterocycles. The van der Waals surface area contributed by atoms with Crippen LogP contribution in [0.4, 0.5) is 35.3 Å². The fourth-order valence-corrected chi connectivity index (χ4v) is 15.7. The molecule has 10 heterocycles. The molecule has 6 aromatic heterocycles. The van der Waals surface area contributed by atoms with Crippen LogP contribution >= 0.6 is 69.6 Å². The highest BCUT2D eigenvalue weighted by Gasteiger charge is 2.42. The van der Waals surface area contributed by atoms with E-state index in [1.165, 1.54) is 91.0 Å². The van der Waals surface area contributed by atoms with Gasteiger partial charge in [-0.25, -0.2) is 15.0 Å². The first-order valence-corrected chi connectivity index (χ1v) is 40.2. The number of aliphatic hydroxyl groups is 1. The third kappa shape index (κ3) is 20.2. The molecule has 0 unspecified atom stereocenters. The van der Waals surface area contributed by atoms with Crippen molar-refractivity contribution < 1.29 is 76.5 Å². The van der Waals surface area contributed by atoms with E-state index in [-0.39, 0.29) is 162 Å². The summed E-state index contributed by atoms with van der Waals surface area (Å²) in [6.07, 6.45) is 11.3. The number of piperazine rings is 1. The second-order valence-electron chi connectivity index (χ2n) is 28.1. The Morgan fingerprint density at radius 3 is 1.04 bits per heavy atom. The molecule has 13 rings (SSSR count). The monoisotopic (exact) mass is 1810 g/mol. The van der Waals surface area contributed by atoms with Crippen molar-refractivity contribution in [1.82, 2.24) is 70.6 Å². The number of amides is 6. The minimum Gasteiger partial charge on any atom is -0.492 e. The number of benzene rings is 3. The third-order valence-electron chi connectivity index (χ3n) is 19.8. The van der Waals surface area contributed by atoms with Crippen LogP contribution in [0.5, 0.6) is 51.7 Å². The van der Waals surface area contributed by atoms with E-state index in [4.69, 9.17) is 135 Å². The van der Waals surface area contributed by atoms with Gasteiger partial charge in [0.1, 0.15) is 15.5 Å². The second-order valence-corrected chi connectivity index (χ2v) is 30.4. The number of fused-ring (bicyclic) bond motifs is 3. The molecule has 1 saturated heterocycles. The number of aromatic nitrogens is 9. The van der Waals surface area contributed by atoms with E-state index in [2.05, 4.69) is 91.5 Å². The van der Waals surface area contributed by atoms with Gasteiger partial charge in [-0.3, -0.25) is 48.4 Å². The van der Waals surface area contributed by atoms with Gasteiger partial charge in [0.05, 0.1) is 155 Å². The van der Waals surface area contributed by atoms with Crippen LogP contribution in [0.25, 0.3) is 34.9 Å². The maximum absolute atomic E-state index is 13.9. The Bertz CT molecular complexity index is 5610. The molecule has 36 nitrogen and oxygen atoms in total. The van der Waals surface area contributed by atoms with Gasteiger partial charge < -0.3 is 101 Å². The number of likely N-dealkylation sites (N-methyl/N-ethyl adjacent to an activating group) is 1. The zero-order chi connectivity index (χ0) is 88.9. The van der Waals surface area contributed by atoms with Crippen molar-refractivity contribution in [3.05, 3.63) is 153 Å². The van der Waals surface area contributed by atoms with Gasteiger partial charge in [-0.1, -0.05) is 83.5 Å². The molecule has 0 atom stereocenters. The number of aliphatic hydroxyl groups excluding tert-OH is 1. The molecular formula is C81H90Cl6N20O16. The lowest BCUT2D eigenvalue weighted by molar-refractivity contribution is -0.113. The first-order valence-electron chi connectivity index (χ1n) is 37.9. The summed E-state index contributed by atoms with van der Waals surface area (Å²) in [6.45, 7) is 10.0. The van der Waals surface area contributed by atoms with E-state index in [1.54, 1.807) is 60.9 Å². The number of anilines is 6. The molecule has 13 N–H and O–H groups in total. The number of nitrogens with two attached hydrogens (primary N) is 3. The summed E-state index contributed by atoms with van der Waals surface area (Å²) in [7, 11) is 15.3. The summed E-state index contributed by atoms with van der Waals surface area (Å²) in [5, 5.41) is 18.2. The largest absolute Gasteiger partial charge is 0.492 e. The van der Waals surface area contributed by atoms with Gasteiger partial charge in [-0.2, -0.15) is 15.0 Å². The molecule has 0 saturated carbocycles. The summed E-state index contributed by atoms with van der Waals surface area (Å²) >= 11 is 38.8. The topological polar surface area (TPSA) is 461 Å². The molecule has 4 aliphatic rings. The average molecular weight is 1810 g/mol.